The summed E-state index contributed by atoms with van der Waals surface area (Å²) >= 11 is 0. The predicted molar refractivity (Wildman–Crippen MR) is 80.1 cm³/mol. The van der Waals surface area contributed by atoms with Crippen molar-refractivity contribution in [2.45, 2.75) is 30.3 Å². The second kappa shape index (κ2) is 5.09. The van der Waals surface area contributed by atoms with Gasteiger partial charge in [0.15, 0.2) is 0 Å². The van der Waals surface area contributed by atoms with Crippen molar-refractivity contribution in [3.05, 3.63) is 42.4 Å². The Bertz CT molecular complexity index is 737. The van der Waals surface area contributed by atoms with Gasteiger partial charge in [-0.05, 0) is 43.2 Å². The monoisotopic (exact) mass is 307 g/mol. The summed E-state index contributed by atoms with van der Waals surface area (Å²) in [7, 11) is -3.78. The van der Waals surface area contributed by atoms with Crippen LogP contribution in [0.3, 0.4) is 0 Å². The van der Waals surface area contributed by atoms with Crippen LogP contribution in [0.15, 0.2) is 45.9 Å². The number of primary sulfonamides is 1. The molecule has 1 heterocycles. The van der Waals surface area contributed by atoms with Gasteiger partial charge in [-0.3, -0.25) is 0 Å². The van der Waals surface area contributed by atoms with Crippen LogP contribution in [0, 0.1) is 0 Å². The normalized spacial score (nSPS) is 15.1. The van der Waals surface area contributed by atoms with Crippen LogP contribution in [-0.4, -0.2) is 14.5 Å². The molecule has 4 N–H and O–H groups in total. The van der Waals surface area contributed by atoms with Crippen molar-refractivity contribution in [3.63, 3.8) is 0 Å². The van der Waals surface area contributed by atoms with Crippen LogP contribution in [0.1, 0.15) is 18.6 Å². The molecule has 6 nitrogen and oxygen atoms in total. The Balaban J connectivity index is 1.97. The Labute approximate surface area is 123 Å². The summed E-state index contributed by atoms with van der Waals surface area (Å²) in [4.78, 5) is 2.13. The highest BCUT2D eigenvalue weighted by molar-refractivity contribution is 7.89. The van der Waals surface area contributed by atoms with Gasteiger partial charge in [0.1, 0.15) is 5.76 Å². The van der Waals surface area contributed by atoms with Crippen LogP contribution >= 0.6 is 0 Å². The van der Waals surface area contributed by atoms with Gasteiger partial charge in [-0.2, -0.15) is 0 Å². The van der Waals surface area contributed by atoms with Crippen molar-refractivity contribution >= 4 is 21.4 Å². The van der Waals surface area contributed by atoms with Gasteiger partial charge in [-0.1, -0.05) is 0 Å². The maximum Gasteiger partial charge on any atom is 0.238 e. The largest absolute Gasteiger partial charge is 0.467 e. The van der Waals surface area contributed by atoms with E-state index in [0.717, 1.165) is 24.3 Å². The Morgan fingerprint density at radius 1 is 1.29 bits per heavy atom. The van der Waals surface area contributed by atoms with E-state index in [2.05, 4.69) is 4.90 Å². The molecule has 0 aliphatic heterocycles. The average Bonchev–Trinajstić information content (AvgIpc) is 3.11. The molecule has 1 saturated carbocycles. The summed E-state index contributed by atoms with van der Waals surface area (Å²) in [6.07, 6.45) is 3.76. The number of nitrogen functional groups attached to an aromatic ring is 1. The van der Waals surface area contributed by atoms with Crippen LogP contribution < -0.4 is 15.8 Å². The lowest BCUT2D eigenvalue weighted by atomic mass is 10.2. The van der Waals surface area contributed by atoms with E-state index in [-0.39, 0.29) is 4.90 Å². The molecule has 7 heteroatoms. The molecule has 112 valence electrons. The van der Waals surface area contributed by atoms with Crippen molar-refractivity contribution < 1.29 is 12.8 Å². The Morgan fingerprint density at radius 2 is 2.05 bits per heavy atom. The molecule has 3 rings (SSSR count). The summed E-state index contributed by atoms with van der Waals surface area (Å²) in [6, 6.07) is 8.79. The number of hydrogen-bond acceptors (Lipinski definition) is 5. The van der Waals surface area contributed by atoms with Crippen LogP contribution in [0.4, 0.5) is 11.4 Å². The highest BCUT2D eigenvalue weighted by Crippen LogP contribution is 2.35. The fourth-order valence-electron chi connectivity index (χ4n) is 2.32. The molecule has 0 atom stereocenters. The van der Waals surface area contributed by atoms with E-state index in [0.29, 0.717) is 18.3 Å². The Hall–Kier alpha value is -1.99. The maximum atomic E-state index is 11.5. The van der Waals surface area contributed by atoms with E-state index < -0.39 is 10.0 Å². The number of nitrogens with two attached hydrogens (primary N) is 2. The number of anilines is 2. The van der Waals surface area contributed by atoms with Gasteiger partial charge in [-0.25, -0.2) is 13.6 Å². The van der Waals surface area contributed by atoms with Crippen molar-refractivity contribution in [1.82, 2.24) is 0 Å². The zero-order valence-corrected chi connectivity index (χ0v) is 12.2. The summed E-state index contributed by atoms with van der Waals surface area (Å²) in [6.45, 7) is 0.575. The molecule has 0 unspecified atom stereocenters. The third-order valence-corrected chi connectivity index (χ3v) is 4.36. The zero-order chi connectivity index (χ0) is 15.0. The average molecular weight is 307 g/mol. The Morgan fingerprint density at radius 3 is 2.62 bits per heavy atom. The molecule has 1 fully saturated rings. The molecule has 1 aliphatic carbocycles. The summed E-state index contributed by atoms with van der Waals surface area (Å²) in [5, 5.41) is 5.20. The van der Waals surface area contributed by atoms with Crippen LogP contribution in [0.2, 0.25) is 0 Å². The highest BCUT2D eigenvalue weighted by atomic mass is 32.2. The lowest BCUT2D eigenvalue weighted by Gasteiger charge is -2.24. The first-order valence-corrected chi connectivity index (χ1v) is 8.20. The second-order valence-corrected chi connectivity index (χ2v) is 6.81. The fraction of sp³-hybridized carbons (Fsp3) is 0.286. The quantitative estimate of drug-likeness (QED) is 0.818. The van der Waals surface area contributed by atoms with Gasteiger partial charge < -0.3 is 15.1 Å². The molecule has 0 amide bonds. The highest BCUT2D eigenvalue weighted by Gasteiger charge is 2.30. The second-order valence-electron chi connectivity index (χ2n) is 5.24. The summed E-state index contributed by atoms with van der Waals surface area (Å²) < 4.78 is 28.5. The summed E-state index contributed by atoms with van der Waals surface area (Å²) in [5.74, 6) is 0.821. The number of sulfonamides is 1. The minimum atomic E-state index is -3.78. The van der Waals surface area contributed by atoms with Gasteiger partial charge in [0.2, 0.25) is 10.0 Å². The van der Waals surface area contributed by atoms with Crippen molar-refractivity contribution in [2.24, 2.45) is 5.14 Å². The fourth-order valence-corrected chi connectivity index (χ4v) is 2.91. The number of hydrogen-bond donors (Lipinski definition) is 2. The molecule has 0 saturated heterocycles. The molecule has 1 aromatic carbocycles. The SMILES string of the molecule is Nc1cc(N(Cc2ccco2)C2CC2)cc(S(N)(=O)=O)c1. The van der Waals surface area contributed by atoms with Crippen LogP contribution in [-0.2, 0) is 16.6 Å². The van der Waals surface area contributed by atoms with Crippen molar-refractivity contribution in [1.29, 1.82) is 0 Å². The van der Waals surface area contributed by atoms with E-state index in [1.54, 1.807) is 18.4 Å². The third-order valence-electron chi connectivity index (χ3n) is 3.47. The lowest BCUT2D eigenvalue weighted by molar-refractivity contribution is 0.501. The number of nitrogens with zero attached hydrogens (tertiary/aromatic N) is 1. The minimum Gasteiger partial charge on any atom is -0.467 e. The topological polar surface area (TPSA) is 103 Å². The predicted octanol–water partition coefficient (Wildman–Crippen LogP) is 1.68. The number of rotatable bonds is 5. The molecular formula is C14H17N3O3S. The zero-order valence-electron chi connectivity index (χ0n) is 11.4. The third kappa shape index (κ3) is 3.20. The van der Waals surface area contributed by atoms with E-state index in [1.165, 1.54) is 6.07 Å². The van der Waals surface area contributed by atoms with Gasteiger partial charge in [-0.15, -0.1) is 0 Å². The van der Waals surface area contributed by atoms with Crippen LogP contribution in [0.5, 0.6) is 0 Å². The van der Waals surface area contributed by atoms with E-state index >= 15 is 0 Å². The van der Waals surface area contributed by atoms with Crippen LogP contribution in [0.25, 0.3) is 0 Å². The smallest absolute Gasteiger partial charge is 0.238 e. The van der Waals surface area contributed by atoms with E-state index in [9.17, 15) is 8.42 Å². The van der Waals surface area contributed by atoms with Gasteiger partial charge in [0.05, 0.1) is 17.7 Å². The van der Waals surface area contributed by atoms with Crippen molar-refractivity contribution in [2.75, 3.05) is 10.6 Å². The molecular weight excluding hydrogens is 290 g/mol. The molecule has 21 heavy (non-hydrogen) atoms. The first kappa shape index (κ1) is 14.0. The van der Waals surface area contributed by atoms with Gasteiger partial charge in [0.25, 0.3) is 0 Å². The molecule has 0 bridgehead atoms. The number of benzene rings is 1. The van der Waals surface area contributed by atoms with E-state index in [1.807, 2.05) is 12.1 Å². The maximum absolute atomic E-state index is 11.5. The Kier molecular flexibility index (Phi) is 3.38. The molecule has 1 aromatic heterocycles. The first-order chi connectivity index (χ1) is 9.93. The lowest BCUT2D eigenvalue weighted by Crippen LogP contribution is -2.25. The molecule has 1 aliphatic rings. The van der Waals surface area contributed by atoms with E-state index in [4.69, 9.17) is 15.3 Å². The summed E-state index contributed by atoms with van der Waals surface area (Å²) in [5.41, 5.74) is 6.94. The standard InChI is InChI=1S/C14H17N3O3S/c15-10-6-12(8-14(7-10)21(16,18)19)17(11-3-4-11)9-13-2-1-5-20-13/h1-2,5-8,11H,3-4,9,15H2,(H2,16,18,19). The molecule has 0 radical (unpaired) electrons. The van der Waals surface area contributed by atoms with Crippen molar-refractivity contribution in [3.8, 4) is 0 Å². The first-order valence-electron chi connectivity index (χ1n) is 6.66. The molecule has 0 spiro atoms. The minimum absolute atomic E-state index is 0.0302. The number of furan rings is 1. The van der Waals surface area contributed by atoms with Gasteiger partial charge in [0, 0.05) is 17.4 Å². The van der Waals surface area contributed by atoms with Gasteiger partial charge >= 0.3 is 0 Å². The molecule has 2 aromatic rings.